The Morgan fingerprint density at radius 2 is 2.36 bits per heavy atom. The summed E-state index contributed by atoms with van der Waals surface area (Å²) in [7, 11) is 0. The van der Waals surface area contributed by atoms with Crippen LogP contribution in [-0.4, -0.2) is 40.7 Å². The molecule has 1 N–H and O–H groups in total. The van der Waals surface area contributed by atoms with Crippen LogP contribution in [0, 0.1) is 0 Å². The molecule has 14 heavy (non-hydrogen) atoms. The van der Waals surface area contributed by atoms with Gasteiger partial charge in [0.1, 0.15) is 0 Å². The van der Waals surface area contributed by atoms with Gasteiger partial charge in [0.2, 0.25) is 0 Å². The van der Waals surface area contributed by atoms with Gasteiger partial charge in [0.25, 0.3) is 0 Å². The molecule has 0 aromatic carbocycles. The lowest BCUT2D eigenvalue weighted by atomic mass is 10.2. The molecule has 80 valence electrons. The summed E-state index contributed by atoms with van der Waals surface area (Å²) >= 11 is 2.18. The molecule has 2 aliphatic heterocycles. The van der Waals surface area contributed by atoms with Crippen LogP contribution in [0.3, 0.4) is 0 Å². The first-order valence-corrected chi connectivity index (χ1v) is 6.95. The zero-order valence-electron chi connectivity index (χ0n) is 8.96. The van der Waals surface area contributed by atoms with E-state index >= 15 is 0 Å². The zero-order chi connectivity index (χ0) is 9.60. The molecular formula is C11H20N2S. The standard InChI is InChI=1S/C11H20N2S/c1-2-9-7-14-11(12-9)5-6-13(8-11)10-3-4-10/h9-10,12H,2-8H2,1H3. The molecule has 2 heterocycles. The Balaban J connectivity index is 1.63. The fourth-order valence-corrected chi connectivity index (χ4v) is 4.31. The van der Waals surface area contributed by atoms with E-state index in [0.717, 1.165) is 12.1 Å². The van der Waals surface area contributed by atoms with Gasteiger partial charge in [-0.05, 0) is 25.7 Å². The fraction of sp³-hybridized carbons (Fsp3) is 1.00. The maximum Gasteiger partial charge on any atom is 0.0788 e. The molecule has 3 fully saturated rings. The normalized spacial score (nSPS) is 43.9. The van der Waals surface area contributed by atoms with E-state index in [9.17, 15) is 0 Å². The van der Waals surface area contributed by atoms with Gasteiger partial charge in [0, 0.05) is 30.9 Å². The Labute approximate surface area is 90.8 Å². The van der Waals surface area contributed by atoms with E-state index < -0.39 is 0 Å². The Bertz CT molecular complexity index is 229. The average molecular weight is 212 g/mol. The second-order valence-electron chi connectivity index (χ2n) is 5.01. The highest BCUT2D eigenvalue weighted by molar-refractivity contribution is 8.01. The molecule has 1 saturated carbocycles. The molecule has 0 aromatic rings. The number of rotatable bonds is 2. The van der Waals surface area contributed by atoms with Gasteiger partial charge in [0.05, 0.1) is 4.87 Å². The number of thioether (sulfide) groups is 1. The molecule has 3 rings (SSSR count). The molecule has 2 unspecified atom stereocenters. The van der Waals surface area contributed by atoms with E-state index in [-0.39, 0.29) is 0 Å². The van der Waals surface area contributed by atoms with Crippen LogP contribution < -0.4 is 5.32 Å². The Morgan fingerprint density at radius 3 is 3.00 bits per heavy atom. The van der Waals surface area contributed by atoms with Gasteiger partial charge in [0.15, 0.2) is 0 Å². The first-order chi connectivity index (χ1) is 6.81. The zero-order valence-corrected chi connectivity index (χ0v) is 9.78. The van der Waals surface area contributed by atoms with Crippen molar-refractivity contribution in [1.29, 1.82) is 0 Å². The van der Waals surface area contributed by atoms with E-state index in [0.29, 0.717) is 4.87 Å². The fourth-order valence-electron chi connectivity index (χ4n) is 2.73. The monoisotopic (exact) mass is 212 g/mol. The van der Waals surface area contributed by atoms with Crippen molar-refractivity contribution in [2.24, 2.45) is 0 Å². The third-order valence-electron chi connectivity index (χ3n) is 3.85. The average Bonchev–Trinajstić information content (AvgIpc) is 2.87. The maximum atomic E-state index is 3.85. The SMILES string of the molecule is CCC1CSC2(CCN(C3CC3)C2)N1. The van der Waals surface area contributed by atoms with Crippen LogP contribution in [0.4, 0.5) is 0 Å². The molecule has 3 heteroatoms. The number of nitrogens with zero attached hydrogens (tertiary/aromatic N) is 1. The highest BCUT2D eigenvalue weighted by atomic mass is 32.2. The Morgan fingerprint density at radius 1 is 1.50 bits per heavy atom. The predicted molar refractivity (Wildman–Crippen MR) is 61.6 cm³/mol. The number of hydrogen-bond donors (Lipinski definition) is 1. The van der Waals surface area contributed by atoms with Gasteiger partial charge in [-0.3, -0.25) is 10.2 Å². The van der Waals surface area contributed by atoms with Gasteiger partial charge in [-0.1, -0.05) is 6.92 Å². The molecule has 0 aromatic heterocycles. The van der Waals surface area contributed by atoms with E-state index in [1.54, 1.807) is 0 Å². The predicted octanol–water partition coefficient (Wildman–Crippen LogP) is 1.67. The number of likely N-dealkylation sites (tertiary alicyclic amines) is 1. The van der Waals surface area contributed by atoms with Crippen LogP contribution in [0.1, 0.15) is 32.6 Å². The van der Waals surface area contributed by atoms with Crippen LogP contribution in [0.25, 0.3) is 0 Å². The number of hydrogen-bond acceptors (Lipinski definition) is 3. The summed E-state index contributed by atoms with van der Waals surface area (Å²) in [6, 6.07) is 1.73. The van der Waals surface area contributed by atoms with Crippen LogP contribution in [-0.2, 0) is 0 Å². The Kier molecular flexibility index (Phi) is 2.30. The summed E-state index contributed by atoms with van der Waals surface area (Å²) in [6.45, 7) is 4.94. The highest BCUT2D eigenvalue weighted by Crippen LogP contribution is 2.42. The third-order valence-corrected chi connectivity index (χ3v) is 5.42. The van der Waals surface area contributed by atoms with Crippen molar-refractivity contribution < 1.29 is 0 Å². The minimum absolute atomic E-state index is 0.448. The first-order valence-electron chi connectivity index (χ1n) is 5.97. The molecule has 0 amide bonds. The van der Waals surface area contributed by atoms with Gasteiger partial charge in [-0.2, -0.15) is 0 Å². The molecule has 1 aliphatic carbocycles. The van der Waals surface area contributed by atoms with Crippen molar-refractivity contribution in [3.63, 3.8) is 0 Å². The van der Waals surface area contributed by atoms with Crippen molar-refractivity contribution in [3.05, 3.63) is 0 Å². The molecule has 2 nitrogen and oxygen atoms in total. The van der Waals surface area contributed by atoms with Crippen molar-refractivity contribution in [1.82, 2.24) is 10.2 Å². The second kappa shape index (κ2) is 3.39. The van der Waals surface area contributed by atoms with Crippen LogP contribution in [0.2, 0.25) is 0 Å². The molecule has 2 atom stereocenters. The maximum absolute atomic E-state index is 3.85. The van der Waals surface area contributed by atoms with E-state index in [2.05, 4.69) is 28.9 Å². The van der Waals surface area contributed by atoms with Crippen LogP contribution >= 0.6 is 11.8 Å². The van der Waals surface area contributed by atoms with Crippen molar-refractivity contribution >= 4 is 11.8 Å². The van der Waals surface area contributed by atoms with Crippen molar-refractivity contribution in [2.45, 2.75) is 49.6 Å². The van der Waals surface area contributed by atoms with Gasteiger partial charge in [-0.25, -0.2) is 0 Å². The van der Waals surface area contributed by atoms with Crippen LogP contribution in [0.15, 0.2) is 0 Å². The topological polar surface area (TPSA) is 15.3 Å². The number of nitrogens with one attached hydrogen (secondary N) is 1. The van der Waals surface area contributed by atoms with E-state index in [1.165, 1.54) is 44.5 Å². The molecule has 1 spiro atoms. The van der Waals surface area contributed by atoms with Gasteiger partial charge in [-0.15, -0.1) is 11.8 Å². The van der Waals surface area contributed by atoms with Gasteiger partial charge < -0.3 is 0 Å². The quantitative estimate of drug-likeness (QED) is 0.749. The lowest BCUT2D eigenvalue weighted by molar-refractivity contribution is 0.309. The summed E-state index contributed by atoms with van der Waals surface area (Å²) in [5.74, 6) is 1.33. The smallest absolute Gasteiger partial charge is 0.0788 e. The lowest BCUT2D eigenvalue weighted by Gasteiger charge is -2.24. The molecule has 0 bridgehead atoms. The Hall–Kier alpha value is 0.270. The largest absolute Gasteiger partial charge is 0.298 e. The van der Waals surface area contributed by atoms with E-state index in [1.807, 2.05) is 0 Å². The third kappa shape index (κ3) is 1.59. The van der Waals surface area contributed by atoms with Gasteiger partial charge >= 0.3 is 0 Å². The molecule has 0 radical (unpaired) electrons. The molecule has 3 aliphatic rings. The minimum atomic E-state index is 0.448. The second-order valence-corrected chi connectivity index (χ2v) is 6.41. The summed E-state index contributed by atoms with van der Waals surface area (Å²) < 4.78 is 0. The van der Waals surface area contributed by atoms with E-state index in [4.69, 9.17) is 0 Å². The summed E-state index contributed by atoms with van der Waals surface area (Å²) in [5, 5.41) is 3.85. The molecular weight excluding hydrogens is 192 g/mol. The van der Waals surface area contributed by atoms with Crippen molar-refractivity contribution in [3.8, 4) is 0 Å². The highest BCUT2D eigenvalue weighted by Gasteiger charge is 2.47. The minimum Gasteiger partial charge on any atom is -0.298 e. The van der Waals surface area contributed by atoms with Crippen molar-refractivity contribution in [2.75, 3.05) is 18.8 Å². The first kappa shape index (κ1) is 9.49. The molecule has 2 saturated heterocycles. The summed E-state index contributed by atoms with van der Waals surface area (Å²) in [4.78, 5) is 3.15. The lowest BCUT2D eigenvalue weighted by Crippen LogP contribution is -2.44. The summed E-state index contributed by atoms with van der Waals surface area (Å²) in [6.07, 6.45) is 5.57. The van der Waals surface area contributed by atoms with Crippen LogP contribution in [0.5, 0.6) is 0 Å². The summed E-state index contributed by atoms with van der Waals surface area (Å²) in [5.41, 5.74) is 0.